The number of imide groups is 1. The molecule has 98 valence electrons. The largest absolute Gasteiger partial charge is 0.425 e. The molecule has 1 aromatic rings. The zero-order valence-corrected chi connectivity index (χ0v) is 10.9. The van der Waals surface area contributed by atoms with Gasteiger partial charge in [0, 0.05) is 6.92 Å². The van der Waals surface area contributed by atoms with Gasteiger partial charge in [-0.25, -0.2) is 4.90 Å². The molecule has 0 radical (unpaired) electrons. The van der Waals surface area contributed by atoms with Crippen LogP contribution < -0.4 is 0 Å². The molecule has 6 heteroatoms. The Bertz CT molecular complexity index is 577. The van der Waals surface area contributed by atoms with E-state index in [9.17, 15) is 9.59 Å². The number of thiocarbonyl (C=S) groups is 1. The standard InChI is InChI=1S/C13H11NO4S/c1-8(16)14-12(17)11(18-13(14)19)6-9-2-4-10(7-15)5-3-9/h2-6,15H,7H2,1H3. The molecule has 0 bridgehead atoms. The van der Waals surface area contributed by atoms with Crippen molar-refractivity contribution in [2.75, 3.05) is 0 Å². The maximum atomic E-state index is 11.9. The van der Waals surface area contributed by atoms with Crippen LogP contribution in [0.1, 0.15) is 18.1 Å². The van der Waals surface area contributed by atoms with E-state index < -0.39 is 11.8 Å². The Morgan fingerprint density at radius 1 is 1.42 bits per heavy atom. The van der Waals surface area contributed by atoms with E-state index in [1.165, 1.54) is 13.0 Å². The van der Waals surface area contributed by atoms with Crippen molar-refractivity contribution in [3.63, 3.8) is 0 Å². The van der Waals surface area contributed by atoms with Crippen molar-refractivity contribution in [2.45, 2.75) is 13.5 Å². The fourth-order valence-corrected chi connectivity index (χ4v) is 1.91. The topological polar surface area (TPSA) is 66.8 Å². The minimum absolute atomic E-state index is 0.0111. The zero-order valence-electron chi connectivity index (χ0n) is 10.1. The molecule has 2 amide bonds. The van der Waals surface area contributed by atoms with Crippen LogP contribution in [-0.4, -0.2) is 27.0 Å². The molecule has 1 aliphatic heterocycles. The molecule has 1 heterocycles. The summed E-state index contributed by atoms with van der Waals surface area (Å²) < 4.78 is 5.11. The number of amides is 2. The van der Waals surface area contributed by atoms with E-state index in [4.69, 9.17) is 22.1 Å². The summed E-state index contributed by atoms with van der Waals surface area (Å²) in [5.74, 6) is -1.03. The lowest BCUT2D eigenvalue weighted by Gasteiger charge is -2.04. The number of benzene rings is 1. The van der Waals surface area contributed by atoms with E-state index in [1.807, 2.05) is 0 Å². The highest BCUT2D eigenvalue weighted by molar-refractivity contribution is 7.80. The van der Waals surface area contributed by atoms with Crippen LogP contribution in [0.15, 0.2) is 30.0 Å². The Labute approximate surface area is 115 Å². The highest BCUT2D eigenvalue weighted by Gasteiger charge is 2.36. The van der Waals surface area contributed by atoms with Gasteiger partial charge >= 0.3 is 5.91 Å². The van der Waals surface area contributed by atoms with Gasteiger partial charge < -0.3 is 9.84 Å². The third-order valence-electron chi connectivity index (χ3n) is 2.57. The summed E-state index contributed by atoms with van der Waals surface area (Å²) in [5.41, 5.74) is 1.48. The first-order valence-electron chi connectivity index (χ1n) is 5.51. The first kappa shape index (κ1) is 13.4. The van der Waals surface area contributed by atoms with Crippen molar-refractivity contribution in [3.8, 4) is 0 Å². The van der Waals surface area contributed by atoms with Gasteiger partial charge in [-0.05, 0) is 29.4 Å². The van der Waals surface area contributed by atoms with Crippen LogP contribution in [0.4, 0.5) is 0 Å². The Balaban J connectivity index is 2.27. The number of carbonyl (C=O) groups excluding carboxylic acids is 2. The molecule has 1 aliphatic rings. The molecule has 0 spiro atoms. The highest BCUT2D eigenvalue weighted by Crippen LogP contribution is 2.20. The average Bonchev–Trinajstić information content (AvgIpc) is 2.65. The lowest BCUT2D eigenvalue weighted by molar-refractivity contribution is -0.135. The smallest absolute Gasteiger partial charge is 0.303 e. The predicted octanol–water partition coefficient (Wildman–Crippen LogP) is 1.21. The highest BCUT2D eigenvalue weighted by atomic mass is 32.1. The van der Waals surface area contributed by atoms with Gasteiger partial charge in [-0.2, -0.15) is 0 Å². The van der Waals surface area contributed by atoms with E-state index in [0.717, 1.165) is 10.5 Å². The molecular weight excluding hydrogens is 266 g/mol. The van der Waals surface area contributed by atoms with Crippen LogP contribution in [0, 0.1) is 0 Å². The maximum absolute atomic E-state index is 11.9. The summed E-state index contributed by atoms with van der Waals surface area (Å²) in [5, 5.41) is 8.77. The van der Waals surface area contributed by atoms with Gasteiger partial charge in [0.25, 0.3) is 5.17 Å². The normalized spacial score (nSPS) is 16.9. The maximum Gasteiger partial charge on any atom is 0.303 e. The molecule has 0 saturated carbocycles. The van der Waals surface area contributed by atoms with Crippen LogP contribution in [0.5, 0.6) is 0 Å². The van der Waals surface area contributed by atoms with E-state index in [1.54, 1.807) is 24.3 Å². The number of hydrogen-bond donors (Lipinski definition) is 1. The molecule has 1 N–H and O–H groups in total. The monoisotopic (exact) mass is 277 g/mol. The summed E-state index contributed by atoms with van der Waals surface area (Å²) in [6.45, 7) is 1.20. The first-order valence-corrected chi connectivity index (χ1v) is 5.92. The van der Waals surface area contributed by atoms with Crippen LogP contribution in [0.25, 0.3) is 6.08 Å². The van der Waals surface area contributed by atoms with Crippen molar-refractivity contribution in [3.05, 3.63) is 41.2 Å². The molecule has 19 heavy (non-hydrogen) atoms. The number of ether oxygens (including phenoxy) is 1. The van der Waals surface area contributed by atoms with Gasteiger partial charge in [0.15, 0.2) is 5.76 Å². The number of aliphatic hydroxyl groups is 1. The third kappa shape index (κ3) is 2.69. The lowest BCUT2D eigenvalue weighted by Crippen LogP contribution is -2.32. The van der Waals surface area contributed by atoms with Crippen LogP contribution in [0.3, 0.4) is 0 Å². The summed E-state index contributed by atoms with van der Waals surface area (Å²) in [6, 6.07) is 6.92. The fraction of sp³-hybridized carbons (Fsp3) is 0.154. The predicted molar refractivity (Wildman–Crippen MR) is 71.6 cm³/mol. The van der Waals surface area contributed by atoms with Crippen LogP contribution in [0.2, 0.25) is 0 Å². The second-order valence-corrected chi connectivity index (χ2v) is 4.29. The van der Waals surface area contributed by atoms with Gasteiger partial charge in [-0.1, -0.05) is 24.3 Å². The van der Waals surface area contributed by atoms with E-state index >= 15 is 0 Å². The second-order valence-electron chi connectivity index (χ2n) is 3.94. The lowest BCUT2D eigenvalue weighted by atomic mass is 10.1. The van der Waals surface area contributed by atoms with Gasteiger partial charge in [0.05, 0.1) is 6.61 Å². The van der Waals surface area contributed by atoms with Crippen LogP contribution >= 0.6 is 12.2 Å². The molecule has 5 nitrogen and oxygen atoms in total. The van der Waals surface area contributed by atoms with Gasteiger partial charge in [0.1, 0.15) is 0 Å². The van der Waals surface area contributed by atoms with Crippen molar-refractivity contribution < 1.29 is 19.4 Å². The Morgan fingerprint density at radius 3 is 2.53 bits per heavy atom. The summed E-state index contributed by atoms with van der Waals surface area (Å²) in [6.07, 6.45) is 1.50. The Morgan fingerprint density at radius 2 is 2.05 bits per heavy atom. The van der Waals surface area contributed by atoms with Crippen molar-refractivity contribution in [2.24, 2.45) is 0 Å². The number of rotatable bonds is 2. The number of nitrogens with zero attached hydrogens (tertiary/aromatic N) is 1. The van der Waals surface area contributed by atoms with E-state index in [-0.39, 0.29) is 17.5 Å². The van der Waals surface area contributed by atoms with E-state index in [2.05, 4.69) is 0 Å². The average molecular weight is 277 g/mol. The molecule has 2 rings (SSSR count). The van der Waals surface area contributed by atoms with Gasteiger partial charge in [0.2, 0.25) is 5.91 Å². The van der Waals surface area contributed by atoms with E-state index in [0.29, 0.717) is 5.56 Å². The van der Waals surface area contributed by atoms with Crippen molar-refractivity contribution in [1.29, 1.82) is 0 Å². The Hall–Kier alpha value is -2.05. The zero-order chi connectivity index (χ0) is 14.0. The summed E-state index contributed by atoms with van der Waals surface area (Å²) >= 11 is 4.81. The third-order valence-corrected chi connectivity index (χ3v) is 2.83. The molecule has 1 saturated heterocycles. The first-order chi connectivity index (χ1) is 9.02. The molecule has 0 atom stereocenters. The molecule has 0 aromatic heterocycles. The molecule has 1 aromatic carbocycles. The van der Waals surface area contributed by atoms with Gasteiger partial charge in [-0.15, -0.1) is 0 Å². The minimum atomic E-state index is -0.566. The van der Waals surface area contributed by atoms with Crippen LogP contribution in [-0.2, 0) is 20.9 Å². The fourth-order valence-electron chi connectivity index (χ4n) is 1.61. The summed E-state index contributed by atoms with van der Waals surface area (Å²) in [7, 11) is 0. The van der Waals surface area contributed by atoms with Crippen molar-refractivity contribution in [1.82, 2.24) is 4.90 Å². The number of hydrogen-bond acceptors (Lipinski definition) is 5. The summed E-state index contributed by atoms with van der Waals surface area (Å²) in [4.78, 5) is 23.9. The number of aliphatic hydroxyl groups excluding tert-OH is 1. The molecule has 1 fully saturated rings. The number of carbonyl (C=O) groups is 2. The second kappa shape index (κ2) is 5.29. The van der Waals surface area contributed by atoms with Gasteiger partial charge in [-0.3, -0.25) is 9.59 Å². The Kier molecular flexibility index (Phi) is 3.73. The minimum Gasteiger partial charge on any atom is -0.425 e. The molecular formula is C13H11NO4S. The quantitative estimate of drug-likeness (QED) is 0.650. The SMILES string of the molecule is CC(=O)N1C(=O)C(=Cc2ccc(CO)cc2)OC1=S. The molecule has 0 unspecified atom stereocenters. The molecule has 0 aliphatic carbocycles. The van der Waals surface area contributed by atoms with Crippen molar-refractivity contribution >= 4 is 35.3 Å².